The van der Waals surface area contributed by atoms with Crippen LogP contribution in [0.2, 0.25) is 0 Å². The first-order valence-corrected chi connectivity index (χ1v) is 8.36. The molecule has 3 nitrogen and oxygen atoms in total. The molecule has 1 aliphatic carbocycles. The van der Waals surface area contributed by atoms with Crippen LogP contribution in [-0.4, -0.2) is 37.7 Å². The molecule has 2 aliphatic rings. The molecule has 0 aromatic heterocycles. The van der Waals surface area contributed by atoms with Crippen molar-refractivity contribution in [1.29, 1.82) is 0 Å². The van der Waals surface area contributed by atoms with E-state index in [1.165, 1.54) is 56.4 Å². The molecule has 0 amide bonds. The molecule has 3 heteroatoms. The van der Waals surface area contributed by atoms with E-state index in [4.69, 9.17) is 4.74 Å². The van der Waals surface area contributed by atoms with E-state index in [0.29, 0.717) is 6.61 Å². The van der Waals surface area contributed by atoms with Crippen LogP contribution in [0.1, 0.15) is 36.8 Å². The van der Waals surface area contributed by atoms with Gasteiger partial charge in [0, 0.05) is 19.7 Å². The molecule has 116 valence electrons. The Balaban J connectivity index is 1.42. The summed E-state index contributed by atoms with van der Waals surface area (Å²) in [6.45, 7) is 5.48. The van der Waals surface area contributed by atoms with Crippen LogP contribution < -0.4 is 5.32 Å². The topological polar surface area (TPSA) is 24.5 Å². The fourth-order valence-electron chi connectivity index (χ4n) is 3.19. The van der Waals surface area contributed by atoms with E-state index in [0.717, 1.165) is 18.5 Å². The summed E-state index contributed by atoms with van der Waals surface area (Å²) < 4.78 is 5.22. The zero-order valence-corrected chi connectivity index (χ0v) is 13.2. The second kappa shape index (κ2) is 7.39. The zero-order valence-electron chi connectivity index (χ0n) is 13.2. The predicted molar refractivity (Wildman–Crippen MR) is 86.2 cm³/mol. The second-order valence-electron chi connectivity index (χ2n) is 6.66. The van der Waals surface area contributed by atoms with Gasteiger partial charge < -0.3 is 10.1 Å². The van der Waals surface area contributed by atoms with Crippen LogP contribution in [0.3, 0.4) is 0 Å². The summed E-state index contributed by atoms with van der Waals surface area (Å²) in [6.07, 6.45) is 5.49. The number of nitrogens with one attached hydrogen (secondary N) is 1. The number of piperidine rings is 1. The highest BCUT2D eigenvalue weighted by molar-refractivity contribution is 5.23. The van der Waals surface area contributed by atoms with Gasteiger partial charge in [0.2, 0.25) is 0 Å². The molecule has 0 atom stereocenters. The van der Waals surface area contributed by atoms with Gasteiger partial charge in [0.25, 0.3) is 0 Å². The maximum atomic E-state index is 5.22. The van der Waals surface area contributed by atoms with Crippen molar-refractivity contribution in [1.82, 2.24) is 10.2 Å². The molecule has 0 spiro atoms. The van der Waals surface area contributed by atoms with E-state index >= 15 is 0 Å². The normalized spacial score (nSPS) is 20.8. The molecule has 1 saturated heterocycles. The van der Waals surface area contributed by atoms with Crippen LogP contribution in [0.25, 0.3) is 0 Å². The van der Waals surface area contributed by atoms with Crippen LogP contribution >= 0.6 is 0 Å². The largest absolute Gasteiger partial charge is 0.380 e. The Labute approximate surface area is 128 Å². The number of ether oxygens (including phenoxy) is 1. The molecule has 3 rings (SSSR count). The fourth-order valence-corrected chi connectivity index (χ4v) is 3.19. The van der Waals surface area contributed by atoms with Gasteiger partial charge in [-0.3, -0.25) is 4.90 Å². The lowest BCUT2D eigenvalue weighted by molar-refractivity contribution is 0.183. The minimum absolute atomic E-state index is 0.709. The van der Waals surface area contributed by atoms with Gasteiger partial charge in [-0.2, -0.15) is 0 Å². The van der Waals surface area contributed by atoms with E-state index in [1.54, 1.807) is 7.11 Å². The van der Waals surface area contributed by atoms with Crippen LogP contribution in [0.5, 0.6) is 0 Å². The highest BCUT2D eigenvalue weighted by atomic mass is 16.5. The first-order valence-electron chi connectivity index (χ1n) is 8.36. The van der Waals surface area contributed by atoms with E-state index in [9.17, 15) is 0 Å². The van der Waals surface area contributed by atoms with Crippen LogP contribution in [0, 0.1) is 5.92 Å². The Morgan fingerprint density at radius 3 is 2.62 bits per heavy atom. The molecule has 0 bridgehead atoms. The molecule has 1 aromatic carbocycles. The Morgan fingerprint density at radius 2 is 1.90 bits per heavy atom. The van der Waals surface area contributed by atoms with Gasteiger partial charge in [-0.25, -0.2) is 0 Å². The lowest BCUT2D eigenvalue weighted by Gasteiger charge is -2.32. The Bertz CT molecular complexity index is 437. The average molecular weight is 288 g/mol. The standard InChI is InChI=1S/C18H28N2O/c1-21-14-17-4-2-3-16(11-17)13-20-9-7-18(8-10-20)19-12-15-5-6-15/h2-4,11,15,18-19H,5-10,12-14H2,1H3. The van der Waals surface area contributed by atoms with Crippen molar-refractivity contribution in [2.45, 2.75) is 44.9 Å². The van der Waals surface area contributed by atoms with Gasteiger partial charge in [-0.1, -0.05) is 24.3 Å². The first-order chi connectivity index (χ1) is 10.3. The number of rotatable bonds is 7. The summed E-state index contributed by atoms with van der Waals surface area (Å²) in [5.74, 6) is 0.992. The third-order valence-electron chi connectivity index (χ3n) is 4.69. The second-order valence-corrected chi connectivity index (χ2v) is 6.66. The Morgan fingerprint density at radius 1 is 1.14 bits per heavy atom. The molecule has 2 fully saturated rings. The van der Waals surface area contributed by atoms with Crippen molar-refractivity contribution in [2.75, 3.05) is 26.7 Å². The number of methoxy groups -OCH3 is 1. The third kappa shape index (κ3) is 4.80. The van der Waals surface area contributed by atoms with Crippen molar-refractivity contribution < 1.29 is 4.74 Å². The van der Waals surface area contributed by atoms with Crippen LogP contribution in [0.15, 0.2) is 24.3 Å². The Hall–Kier alpha value is -0.900. The quantitative estimate of drug-likeness (QED) is 0.835. The minimum atomic E-state index is 0.709. The number of benzene rings is 1. The summed E-state index contributed by atoms with van der Waals surface area (Å²) in [5, 5.41) is 3.75. The van der Waals surface area contributed by atoms with Crippen molar-refractivity contribution in [3.63, 3.8) is 0 Å². The number of likely N-dealkylation sites (tertiary alicyclic amines) is 1. The predicted octanol–water partition coefficient (Wildman–Crippen LogP) is 2.80. The van der Waals surface area contributed by atoms with Gasteiger partial charge >= 0.3 is 0 Å². The lowest BCUT2D eigenvalue weighted by Crippen LogP contribution is -2.42. The van der Waals surface area contributed by atoms with Crippen molar-refractivity contribution in [3.8, 4) is 0 Å². The molecule has 1 N–H and O–H groups in total. The molecule has 0 unspecified atom stereocenters. The molecule has 1 heterocycles. The monoisotopic (exact) mass is 288 g/mol. The van der Waals surface area contributed by atoms with Crippen molar-refractivity contribution in [3.05, 3.63) is 35.4 Å². The smallest absolute Gasteiger partial charge is 0.0713 e. The van der Waals surface area contributed by atoms with E-state index < -0.39 is 0 Å². The highest BCUT2D eigenvalue weighted by Crippen LogP contribution is 2.28. The summed E-state index contributed by atoms with van der Waals surface area (Å²) in [6, 6.07) is 9.55. The fraction of sp³-hybridized carbons (Fsp3) is 0.667. The van der Waals surface area contributed by atoms with Gasteiger partial charge in [0.15, 0.2) is 0 Å². The Kier molecular flexibility index (Phi) is 5.28. The van der Waals surface area contributed by atoms with Crippen molar-refractivity contribution >= 4 is 0 Å². The maximum absolute atomic E-state index is 5.22. The molecular weight excluding hydrogens is 260 g/mol. The molecular formula is C18H28N2O. The van der Waals surface area contributed by atoms with Crippen LogP contribution in [0.4, 0.5) is 0 Å². The molecule has 0 radical (unpaired) electrons. The summed E-state index contributed by atoms with van der Waals surface area (Å²) in [7, 11) is 1.76. The minimum Gasteiger partial charge on any atom is -0.380 e. The van der Waals surface area contributed by atoms with E-state index in [-0.39, 0.29) is 0 Å². The number of hydrogen-bond donors (Lipinski definition) is 1. The summed E-state index contributed by atoms with van der Waals surface area (Å²) in [5.41, 5.74) is 2.69. The average Bonchev–Trinajstić information content (AvgIpc) is 3.32. The number of hydrogen-bond acceptors (Lipinski definition) is 3. The zero-order chi connectivity index (χ0) is 14.5. The lowest BCUT2D eigenvalue weighted by atomic mass is 10.0. The van der Waals surface area contributed by atoms with E-state index in [1.807, 2.05) is 0 Å². The van der Waals surface area contributed by atoms with Gasteiger partial charge in [-0.05, 0) is 62.4 Å². The molecule has 1 aromatic rings. The maximum Gasteiger partial charge on any atom is 0.0713 e. The first kappa shape index (κ1) is 15.0. The number of nitrogens with zero attached hydrogens (tertiary/aromatic N) is 1. The van der Waals surface area contributed by atoms with E-state index in [2.05, 4.69) is 34.5 Å². The summed E-state index contributed by atoms with van der Waals surface area (Å²) >= 11 is 0. The third-order valence-corrected chi connectivity index (χ3v) is 4.69. The SMILES string of the molecule is COCc1cccc(CN2CCC(NCC3CC3)CC2)c1. The molecule has 1 saturated carbocycles. The molecule has 21 heavy (non-hydrogen) atoms. The van der Waals surface area contributed by atoms with Gasteiger partial charge in [-0.15, -0.1) is 0 Å². The highest BCUT2D eigenvalue weighted by Gasteiger charge is 2.24. The summed E-state index contributed by atoms with van der Waals surface area (Å²) in [4.78, 5) is 2.58. The van der Waals surface area contributed by atoms with Crippen LogP contribution in [-0.2, 0) is 17.9 Å². The molecule has 1 aliphatic heterocycles. The van der Waals surface area contributed by atoms with Gasteiger partial charge in [0.1, 0.15) is 0 Å². The van der Waals surface area contributed by atoms with Gasteiger partial charge in [0.05, 0.1) is 6.61 Å². The van der Waals surface area contributed by atoms with Crippen molar-refractivity contribution in [2.24, 2.45) is 5.92 Å².